The molecule has 0 unspecified atom stereocenters. The monoisotopic (exact) mass is 356 g/mol. The molecule has 0 aliphatic heterocycles. The van der Waals surface area contributed by atoms with Gasteiger partial charge < -0.3 is 5.32 Å². The molecule has 2 aromatic heterocycles. The second kappa shape index (κ2) is 8.03. The van der Waals surface area contributed by atoms with Crippen LogP contribution in [0.4, 0.5) is 0 Å². The first-order valence-electron chi connectivity index (χ1n) is 7.41. The van der Waals surface area contributed by atoms with Crippen LogP contribution >= 0.6 is 23.3 Å². The maximum absolute atomic E-state index is 12.2. The number of nitrogens with zero attached hydrogens (tertiary/aromatic N) is 3. The maximum atomic E-state index is 12.2. The summed E-state index contributed by atoms with van der Waals surface area (Å²) >= 11 is 2.98. The van der Waals surface area contributed by atoms with Crippen molar-refractivity contribution in [1.82, 2.24) is 19.9 Å². The average Bonchev–Trinajstić information content (AvgIpc) is 3.04. The van der Waals surface area contributed by atoms with Crippen LogP contribution in [0.15, 0.2) is 53.7 Å². The fourth-order valence-electron chi connectivity index (χ4n) is 2.02. The number of carbonyl (C=O) groups excluding carboxylic acids is 1. The van der Waals surface area contributed by atoms with Crippen molar-refractivity contribution in [2.45, 2.75) is 24.2 Å². The predicted octanol–water partition coefficient (Wildman–Crippen LogP) is 3.46. The van der Waals surface area contributed by atoms with Gasteiger partial charge in [0.15, 0.2) is 0 Å². The van der Waals surface area contributed by atoms with E-state index >= 15 is 0 Å². The van der Waals surface area contributed by atoms with Gasteiger partial charge in [-0.25, -0.2) is 4.98 Å². The van der Waals surface area contributed by atoms with Crippen molar-refractivity contribution in [3.05, 3.63) is 70.4 Å². The first kappa shape index (κ1) is 16.6. The molecule has 3 rings (SSSR count). The van der Waals surface area contributed by atoms with Gasteiger partial charge in [0.25, 0.3) is 5.91 Å². The molecule has 1 aromatic carbocycles. The Bertz CT molecular complexity index is 803. The molecule has 0 saturated carbocycles. The fraction of sp³-hybridized carbons (Fsp3) is 0.176. The maximum Gasteiger partial charge on any atom is 0.251 e. The minimum Gasteiger partial charge on any atom is -0.347 e. The molecule has 3 aromatic rings. The van der Waals surface area contributed by atoms with E-state index in [4.69, 9.17) is 0 Å². The number of hydrogen-bond acceptors (Lipinski definition) is 6. The summed E-state index contributed by atoms with van der Waals surface area (Å²) < 4.78 is 3.86. The smallest absolute Gasteiger partial charge is 0.251 e. The molecule has 0 radical (unpaired) electrons. The molecular weight excluding hydrogens is 340 g/mol. The number of rotatable bonds is 6. The normalized spacial score (nSPS) is 10.5. The SMILES string of the molecule is Cc1nnsc1CNC(=O)c1ccc(CSc2ccccn2)cc1. The van der Waals surface area contributed by atoms with Gasteiger partial charge in [-0.3, -0.25) is 4.79 Å². The summed E-state index contributed by atoms with van der Waals surface area (Å²) in [6, 6.07) is 13.5. The number of thioether (sulfide) groups is 1. The predicted molar refractivity (Wildman–Crippen MR) is 96.1 cm³/mol. The molecule has 24 heavy (non-hydrogen) atoms. The van der Waals surface area contributed by atoms with Crippen LogP contribution in [0.2, 0.25) is 0 Å². The van der Waals surface area contributed by atoms with Gasteiger partial charge in [0.1, 0.15) is 0 Å². The van der Waals surface area contributed by atoms with Crippen LogP contribution in [0.25, 0.3) is 0 Å². The summed E-state index contributed by atoms with van der Waals surface area (Å²) in [7, 11) is 0. The number of benzene rings is 1. The van der Waals surface area contributed by atoms with E-state index in [1.165, 1.54) is 11.5 Å². The second-order valence-electron chi connectivity index (χ2n) is 5.12. The quantitative estimate of drug-likeness (QED) is 0.685. The zero-order valence-electron chi connectivity index (χ0n) is 13.1. The van der Waals surface area contributed by atoms with Crippen LogP contribution < -0.4 is 5.32 Å². The molecule has 0 atom stereocenters. The highest BCUT2D eigenvalue weighted by molar-refractivity contribution is 7.98. The van der Waals surface area contributed by atoms with Gasteiger partial charge >= 0.3 is 0 Å². The Labute approximate surface area is 148 Å². The Kier molecular flexibility index (Phi) is 5.55. The van der Waals surface area contributed by atoms with Crippen LogP contribution in [-0.4, -0.2) is 20.5 Å². The molecule has 0 spiro atoms. The van der Waals surface area contributed by atoms with Crippen molar-refractivity contribution in [1.29, 1.82) is 0 Å². The van der Waals surface area contributed by atoms with E-state index in [0.29, 0.717) is 12.1 Å². The van der Waals surface area contributed by atoms with Gasteiger partial charge in [-0.05, 0) is 48.3 Å². The topological polar surface area (TPSA) is 67.8 Å². The third-order valence-electron chi connectivity index (χ3n) is 3.40. The van der Waals surface area contributed by atoms with Gasteiger partial charge in [-0.1, -0.05) is 22.7 Å². The average molecular weight is 356 g/mol. The van der Waals surface area contributed by atoms with E-state index < -0.39 is 0 Å². The highest BCUT2D eigenvalue weighted by atomic mass is 32.2. The van der Waals surface area contributed by atoms with E-state index in [0.717, 1.165) is 26.9 Å². The zero-order valence-corrected chi connectivity index (χ0v) is 14.7. The minimum atomic E-state index is -0.0910. The molecule has 0 aliphatic rings. The van der Waals surface area contributed by atoms with Crippen molar-refractivity contribution >= 4 is 29.2 Å². The highest BCUT2D eigenvalue weighted by Crippen LogP contribution is 2.20. The molecule has 2 heterocycles. The molecule has 0 bridgehead atoms. The number of nitrogens with one attached hydrogen (secondary N) is 1. The van der Waals surface area contributed by atoms with Crippen molar-refractivity contribution in [2.75, 3.05) is 0 Å². The van der Waals surface area contributed by atoms with Crippen molar-refractivity contribution in [3.8, 4) is 0 Å². The number of carbonyl (C=O) groups is 1. The number of aromatic nitrogens is 3. The van der Waals surface area contributed by atoms with E-state index in [9.17, 15) is 4.79 Å². The van der Waals surface area contributed by atoms with E-state index in [-0.39, 0.29) is 5.91 Å². The molecule has 122 valence electrons. The standard InChI is InChI=1S/C17H16N4OS2/c1-12-15(24-21-20-12)10-19-17(22)14-7-5-13(6-8-14)11-23-16-4-2-3-9-18-16/h2-9H,10-11H2,1H3,(H,19,22). The van der Waals surface area contributed by atoms with Crippen LogP contribution in [0.5, 0.6) is 0 Å². The second-order valence-corrected chi connectivity index (χ2v) is 6.95. The molecule has 0 aliphatic carbocycles. The molecule has 0 fully saturated rings. The van der Waals surface area contributed by atoms with Crippen molar-refractivity contribution < 1.29 is 4.79 Å². The Morgan fingerprint density at radius 2 is 2.04 bits per heavy atom. The van der Waals surface area contributed by atoms with Crippen molar-refractivity contribution in [2.24, 2.45) is 0 Å². The summed E-state index contributed by atoms with van der Waals surface area (Å²) in [5.74, 6) is 0.733. The number of hydrogen-bond donors (Lipinski definition) is 1. The van der Waals surface area contributed by atoms with Gasteiger partial charge in [0, 0.05) is 17.5 Å². The lowest BCUT2D eigenvalue weighted by Crippen LogP contribution is -2.22. The molecular formula is C17H16N4OS2. The zero-order chi connectivity index (χ0) is 16.8. The van der Waals surface area contributed by atoms with E-state index in [1.807, 2.05) is 49.4 Å². The third-order valence-corrected chi connectivity index (χ3v) is 5.23. The third kappa shape index (κ3) is 4.39. The Morgan fingerprint density at radius 1 is 1.21 bits per heavy atom. The lowest BCUT2D eigenvalue weighted by molar-refractivity contribution is 0.0951. The van der Waals surface area contributed by atoms with Crippen LogP contribution in [0.1, 0.15) is 26.5 Å². The summed E-state index contributed by atoms with van der Waals surface area (Å²) in [5.41, 5.74) is 2.67. The summed E-state index contributed by atoms with van der Waals surface area (Å²) in [4.78, 5) is 17.4. The Morgan fingerprint density at radius 3 is 2.71 bits per heavy atom. The molecule has 1 amide bonds. The first-order chi connectivity index (χ1) is 11.7. The van der Waals surface area contributed by atoms with Gasteiger partial charge in [0.2, 0.25) is 0 Å². The Balaban J connectivity index is 1.53. The summed E-state index contributed by atoms with van der Waals surface area (Å²) in [6.45, 7) is 2.35. The van der Waals surface area contributed by atoms with E-state index in [1.54, 1.807) is 18.0 Å². The molecule has 0 saturated heterocycles. The highest BCUT2D eigenvalue weighted by Gasteiger charge is 2.08. The van der Waals surface area contributed by atoms with E-state index in [2.05, 4.69) is 19.9 Å². The van der Waals surface area contributed by atoms with Gasteiger partial charge in [-0.2, -0.15) is 0 Å². The van der Waals surface area contributed by atoms with Crippen molar-refractivity contribution in [3.63, 3.8) is 0 Å². The first-order valence-corrected chi connectivity index (χ1v) is 9.17. The lowest BCUT2D eigenvalue weighted by atomic mass is 10.1. The number of amides is 1. The van der Waals surface area contributed by atoms with Crippen LogP contribution in [0.3, 0.4) is 0 Å². The van der Waals surface area contributed by atoms with Gasteiger partial charge in [0.05, 0.1) is 22.1 Å². The largest absolute Gasteiger partial charge is 0.347 e. The molecule has 7 heteroatoms. The summed E-state index contributed by atoms with van der Waals surface area (Å²) in [5, 5.41) is 7.82. The summed E-state index contributed by atoms with van der Waals surface area (Å²) in [6.07, 6.45) is 1.79. The number of aryl methyl sites for hydroxylation is 1. The van der Waals surface area contributed by atoms with Crippen LogP contribution in [-0.2, 0) is 12.3 Å². The number of pyridine rings is 1. The van der Waals surface area contributed by atoms with Gasteiger partial charge in [-0.15, -0.1) is 16.9 Å². The lowest BCUT2D eigenvalue weighted by Gasteiger charge is -2.05. The fourth-order valence-corrected chi connectivity index (χ4v) is 3.41. The Hall–Kier alpha value is -2.25. The molecule has 5 nitrogen and oxygen atoms in total. The minimum absolute atomic E-state index is 0.0910. The molecule has 1 N–H and O–H groups in total. The van der Waals surface area contributed by atoms with Crippen LogP contribution in [0, 0.1) is 6.92 Å².